The first-order valence-corrected chi connectivity index (χ1v) is 5.89. The fourth-order valence-electron chi connectivity index (χ4n) is 1.88. The van der Waals surface area contributed by atoms with E-state index in [0.717, 1.165) is 23.0 Å². The van der Waals surface area contributed by atoms with Gasteiger partial charge in [0.15, 0.2) is 0 Å². The number of benzene rings is 1. The number of nitrogens with one attached hydrogen (secondary N) is 1. The van der Waals surface area contributed by atoms with Gasteiger partial charge in [-0.1, -0.05) is 22.8 Å². The Labute approximate surface area is 98.8 Å². The smallest absolute Gasteiger partial charge is 0.219 e. The van der Waals surface area contributed by atoms with Crippen LogP contribution >= 0.6 is 15.9 Å². The zero-order valence-corrected chi connectivity index (χ0v) is 10.2. The molecule has 1 amide bonds. The molecule has 1 N–H and O–H groups in total. The lowest BCUT2D eigenvalue weighted by atomic mass is 9.64. The van der Waals surface area contributed by atoms with Crippen molar-refractivity contribution in [2.75, 3.05) is 5.32 Å². The molecule has 0 aromatic heterocycles. The van der Waals surface area contributed by atoms with E-state index >= 15 is 0 Å². The molecule has 1 atom stereocenters. The topological polar surface area (TPSA) is 29.1 Å². The summed E-state index contributed by atoms with van der Waals surface area (Å²) in [6.07, 6.45) is 1.84. The van der Waals surface area contributed by atoms with Gasteiger partial charge in [0.05, 0.1) is 0 Å². The van der Waals surface area contributed by atoms with Gasteiger partial charge >= 0.3 is 0 Å². The molecule has 0 aliphatic carbocycles. The molecule has 0 fully saturated rings. The Morgan fingerprint density at radius 1 is 1.53 bits per heavy atom. The maximum atomic E-state index is 11.7. The van der Waals surface area contributed by atoms with Crippen LogP contribution in [-0.2, 0) is 11.2 Å². The maximum Gasteiger partial charge on any atom is 0.219 e. The highest BCUT2D eigenvalue weighted by molar-refractivity contribution is 9.10. The van der Waals surface area contributed by atoms with Gasteiger partial charge in [0.1, 0.15) is 7.28 Å². The SMILES string of the molecule is C[B]C1CCc2cc(Br)ccc2NC1=O. The molecule has 15 heavy (non-hydrogen) atoms. The summed E-state index contributed by atoms with van der Waals surface area (Å²) in [7, 11) is 1.97. The lowest BCUT2D eigenvalue weighted by Gasteiger charge is -2.08. The van der Waals surface area contributed by atoms with Crippen molar-refractivity contribution < 1.29 is 4.79 Å². The Balaban J connectivity index is 2.31. The van der Waals surface area contributed by atoms with E-state index in [1.807, 2.05) is 26.2 Å². The van der Waals surface area contributed by atoms with Crippen LogP contribution in [0.5, 0.6) is 0 Å². The van der Waals surface area contributed by atoms with E-state index in [-0.39, 0.29) is 11.7 Å². The van der Waals surface area contributed by atoms with Crippen LogP contribution in [0.2, 0.25) is 12.6 Å². The number of rotatable bonds is 1. The Hall–Kier alpha value is -0.765. The minimum Gasteiger partial charge on any atom is -0.326 e. The van der Waals surface area contributed by atoms with Crippen molar-refractivity contribution in [3.63, 3.8) is 0 Å². The van der Waals surface area contributed by atoms with Crippen LogP contribution in [0, 0.1) is 0 Å². The first-order chi connectivity index (χ1) is 7.20. The van der Waals surface area contributed by atoms with Gasteiger partial charge in [0.2, 0.25) is 5.91 Å². The number of aryl methyl sites for hydroxylation is 1. The summed E-state index contributed by atoms with van der Waals surface area (Å²) in [4.78, 5) is 11.7. The lowest BCUT2D eigenvalue weighted by molar-refractivity contribution is -0.116. The summed E-state index contributed by atoms with van der Waals surface area (Å²) in [6, 6.07) is 5.98. The van der Waals surface area contributed by atoms with E-state index in [1.54, 1.807) is 0 Å². The summed E-state index contributed by atoms with van der Waals surface area (Å²) in [5.74, 6) is 0.148. The van der Waals surface area contributed by atoms with Gasteiger partial charge < -0.3 is 5.32 Å². The van der Waals surface area contributed by atoms with E-state index in [9.17, 15) is 4.79 Å². The first kappa shape index (κ1) is 10.7. The van der Waals surface area contributed by atoms with Gasteiger partial charge in [0.25, 0.3) is 0 Å². The third kappa shape index (κ3) is 2.25. The molecule has 1 radical (unpaired) electrons. The molecular formula is C11H12BBrNO. The van der Waals surface area contributed by atoms with Crippen molar-refractivity contribution in [2.24, 2.45) is 0 Å². The highest BCUT2D eigenvalue weighted by Crippen LogP contribution is 2.28. The summed E-state index contributed by atoms with van der Waals surface area (Å²) in [6.45, 7) is 1.94. The highest BCUT2D eigenvalue weighted by atomic mass is 79.9. The largest absolute Gasteiger partial charge is 0.326 e. The number of carbonyl (C=O) groups is 1. The van der Waals surface area contributed by atoms with Gasteiger partial charge in [0, 0.05) is 16.0 Å². The van der Waals surface area contributed by atoms with Crippen LogP contribution in [0.1, 0.15) is 12.0 Å². The molecule has 1 aromatic rings. The molecule has 1 aliphatic rings. The van der Waals surface area contributed by atoms with E-state index in [0.29, 0.717) is 0 Å². The first-order valence-electron chi connectivity index (χ1n) is 5.09. The number of hydrogen-bond acceptors (Lipinski definition) is 1. The minimum absolute atomic E-state index is 0.0381. The molecule has 1 unspecified atom stereocenters. The molecular weight excluding hydrogens is 253 g/mol. The van der Waals surface area contributed by atoms with Gasteiger partial charge in [-0.05, 0) is 36.6 Å². The average Bonchev–Trinajstić information content (AvgIpc) is 2.36. The van der Waals surface area contributed by atoms with Crippen LogP contribution in [-0.4, -0.2) is 13.2 Å². The fourth-order valence-corrected chi connectivity index (χ4v) is 2.29. The molecule has 1 aromatic carbocycles. The standard InChI is InChI=1S/C11H12BBrNO/c1-12-9-4-2-7-6-8(13)3-5-10(7)14-11(9)15/h3,5-6,9H,2,4H2,1H3,(H,14,15). The summed E-state index contributed by atoms with van der Waals surface area (Å²) >= 11 is 3.44. The van der Waals surface area contributed by atoms with Crippen LogP contribution in [0.25, 0.3) is 0 Å². The quantitative estimate of drug-likeness (QED) is 0.777. The normalized spacial score (nSPS) is 20.1. The third-order valence-electron chi connectivity index (χ3n) is 2.79. The number of anilines is 1. The molecule has 4 heteroatoms. The summed E-state index contributed by atoms with van der Waals surface area (Å²) in [5, 5.41) is 2.96. The van der Waals surface area contributed by atoms with Crippen molar-refractivity contribution in [3.8, 4) is 0 Å². The number of fused-ring (bicyclic) bond motifs is 1. The molecule has 0 bridgehead atoms. The second kappa shape index (κ2) is 4.39. The predicted molar refractivity (Wildman–Crippen MR) is 66.5 cm³/mol. The van der Waals surface area contributed by atoms with E-state index < -0.39 is 0 Å². The fraction of sp³-hybridized carbons (Fsp3) is 0.364. The second-order valence-electron chi connectivity index (χ2n) is 3.77. The third-order valence-corrected chi connectivity index (χ3v) is 3.28. The molecule has 0 saturated carbocycles. The Kier molecular flexibility index (Phi) is 3.15. The molecule has 1 aliphatic heterocycles. The maximum absolute atomic E-state index is 11.7. The van der Waals surface area contributed by atoms with Gasteiger partial charge in [-0.2, -0.15) is 0 Å². The highest BCUT2D eigenvalue weighted by Gasteiger charge is 2.21. The number of hydrogen-bond donors (Lipinski definition) is 1. The lowest BCUT2D eigenvalue weighted by Crippen LogP contribution is -2.19. The van der Waals surface area contributed by atoms with Crippen LogP contribution in [0.4, 0.5) is 5.69 Å². The number of amides is 1. The van der Waals surface area contributed by atoms with Crippen LogP contribution < -0.4 is 5.32 Å². The predicted octanol–water partition coefficient (Wildman–Crippen LogP) is 2.87. The Bertz CT molecular complexity index is 394. The molecule has 0 saturated heterocycles. The molecule has 2 rings (SSSR count). The van der Waals surface area contributed by atoms with Gasteiger partial charge in [-0.3, -0.25) is 4.79 Å². The monoisotopic (exact) mass is 264 g/mol. The number of halogens is 1. The second-order valence-corrected chi connectivity index (χ2v) is 4.68. The van der Waals surface area contributed by atoms with E-state index in [1.165, 1.54) is 5.56 Å². The number of carbonyl (C=O) groups excluding carboxylic acids is 1. The van der Waals surface area contributed by atoms with Gasteiger partial charge in [-0.15, -0.1) is 0 Å². The minimum atomic E-state index is 0.0381. The van der Waals surface area contributed by atoms with Gasteiger partial charge in [-0.25, -0.2) is 0 Å². The zero-order chi connectivity index (χ0) is 10.8. The van der Waals surface area contributed by atoms with Crippen molar-refractivity contribution >= 4 is 34.8 Å². The van der Waals surface area contributed by atoms with E-state index in [4.69, 9.17) is 0 Å². The van der Waals surface area contributed by atoms with Crippen LogP contribution in [0.3, 0.4) is 0 Å². The van der Waals surface area contributed by atoms with Crippen LogP contribution in [0.15, 0.2) is 22.7 Å². The molecule has 77 valence electrons. The van der Waals surface area contributed by atoms with Crippen molar-refractivity contribution in [2.45, 2.75) is 25.5 Å². The summed E-state index contributed by atoms with van der Waals surface area (Å²) in [5.41, 5.74) is 2.16. The van der Waals surface area contributed by atoms with Crippen molar-refractivity contribution in [3.05, 3.63) is 28.2 Å². The summed E-state index contributed by atoms with van der Waals surface area (Å²) < 4.78 is 1.06. The molecule has 2 nitrogen and oxygen atoms in total. The Morgan fingerprint density at radius 3 is 3.07 bits per heavy atom. The average molecular weight is 265 g/mol. The molecule has 1 heterocycles. The molecule has 0 spiro atoms. The van der Waals surface area contributed by atoms with Crippen molar-refractivity contribution in [1.29, 1.82) is 0 Å². The zero-order valence-electron chi connectivity index (χ0n) is 8.59. The van der Waals surface area contributed by atoms with Crippen molar-refractivity contribution in [1.82, 2.24) is 0 Å². The Morgan fingerprint density at radius 2 is 2.33 bits per heavy atom. The van der Waals surface area contributed by atoms with E-state index in [2.05, 4.69) is 27.3 Å².